The van der Waals surface area contributed by atoms with E-state index < -0.39 is 0 Å². The molecule has 1 saturated heterocycles. The smallest absolute Gasteiger partial charge is 0.225 e. The van der Waals surface area contributed by atoms with E-state index in [0.717, 1.165) is 31.9 Å². The number of piperidine rings is 1. The Morgan fingerprint density at radius 3 is 2.33 bits per heavy atom. The number of aromatic nitrogens is 2. The van der Waals surface area contributed by atoms with Gasteiger partial charge in [0.15, 0.2) is 0 Å². The van der Waals surface area contributed by atoms with Gasteiger partial charge in [0.1, 0.15) is 0 Å². The molecule has 0 atom stereocenters. The van der Waals surface area contributed by atoms with Crippen molar-refractivity contribution in [2.45, 2.75) is 18.9 Å². The summed E-state index contributed by atoms with van der Waals surface area (Å²) >= 11 is 5.71. The third-order valence-electron chi connectivity index (χ3n) is 2.43. The normalized spacial score (nSPS) is 17.3. The standard InChI is InChI=1S/C9H13ClN4.ClH/c10-7-5-12-9(13-6-7)14-3-1-8(11)2-4-14;/h5-6,8H,1-4,11H2;1H. The lowest BCUT2D eigenvalue weighted by molar-refractivity contribution is 0.495. The quantitative estimate of drug-likeness (QED) is 0.819. The van der Waals surface area contributed by atoms with Crippen LogP contribution in [0.15, 0.2) is 12.4 Å². The Bertz CT molecular complexity index is 295. The van der Waals surface area contributed by atoms with Gasteiger partial charge in [-0.05, 0) is 12.8 Å². The molecule has 0 aromatic carbocycles. The Morgan fingerprint density at radius 2 is 1.80 bits per heavy atom. The molecule has 6 heteroatoms. The number of rotatable bonds is 1. The predicted octanol–water partition coefficient (Wildman–Crippen LogP) is 1.48. The van der Waals surface area contributed by atoms with Crippen LogP contribution in [0.25, 0.3) is 0 Å². The van der Waals surface area contributed by atoms with Crippen LogP contribution < -0.4 is 10.6 Å². The maximum absolute atomic E-state index is 5.81. The molecule has 1 aromatic heterocycles. The summed E-state index contributed by atoms with van der Waals surface area (Å²) in [5, 5.41) is 0.572. The molecule has 0 aliphatic carbocycles. The lowest BCUT2D eigenvalue weighted by Gasteiger charge is -2.29. The van der Waals surface area contributed by atoms with E-state index in [1.54, 1.807) is 12.4 Å². The summed E-state index contributed by atoms with van der Waals surface area (Å²) < 4.78 is 0. The van der Waals surface area contributed by atoms with Crippen LogP contribution in [-0.2, 0) is 0 Å². The van der Waals surface area contributed by atoms with Crippen molar-refractivity contribution in [2.75, 3.05) is 18.0 Å². The average molecular weight is 249 g/mol. The highest BCUT2D eigenvalue weighted by Gasteiger charge is 2.17. The molecule has 0 radical (unpaired) electrons. The van der Waals surface area contributed by atoms with Crippen LogP contribution in [0.1, 0.15) is 12.8 Å². The van der Waals surface area contributed by atoms with Gasteiger partial charge in [0.05, 0.1) is 17.4 Å². The van der Waals surface area contributed by atoms with E-state index in [-0.39, 0.29) is 12.4 Å². The third-order valence-corrected chi connectivity index (χ3v) is 2.62. The van der Waals surface area contributed by atoms with Crippen LogP contribution in [0, 0.1) is 0 Å². The van der Waals surface area contributed by atoms with Crippen LogP contribution in [0.5, 0.6) is 0 Å². The molecule has 1 aromatic rings. The predicted molar refractivity (Wildman–Crippen MR) is 63.7 cm³/mol. The van der Waals surface area contributed by atoms with Crippen molar-refractivity contribution in [3.8, 4) is 0 Å². The van der Waals surface area contributed by atoms with E-state index in [1.807, 2.05) is 0 Å². The van der Waals surface area contributed by atoms with Crippen molar-refractivity contribution < 1.29 is 0 Å². The molecular formula is C9H14Cl2N4. The molecule has 4 nitrogen and oxygen atoms in total. The van der Waals surface area contributed by atoms with E-state index in [9.17, 15) is 0 Å². The molecule has 0 unspecified atom stereocenters. The highest BCUT2D eigenvalue weighted by atomic mass is 35.5. The second kappa shape index (κ2) is 5.49. The first kappa shape index (κ1) is 12.5. The summed E-state index contributed by atoms with van der Waals surface area (Å²) in [5.41, 5.74) is 5.81. The first-order chi connectivity index (χ1) is 6.75. The summed E-state index contributed by atoms with van der Waals surface area (Å²) in [6.07, 6.45) is 5.26. The molecule has 2 rings (SSSR count). The fraction of sp³-hybridized carbons (Fsp3) is 0.556. The lowest BCUT2D eigenvalue weighted by Crippen LogP contribution is -2.40. The minimum absolute atomic E-state index is 0. The number of hydrogen-bond acceptors (Lipinski definition) is 4. The highest BCUT2D eigenvalue weighted by Crippen LogP contribution is 2.15. The van der Waals surface area contributed by atoms with Gasteiger partial charge in [0.25, 0.3) is 0 Å². The Labute approximate surface area is 100 Å². The first-order valence-electron chi connectivity index (χ1n) is 4.74. The number of nitrogens with two attached hydrogens (primary N) is 1. The molecule has 2 heterocycles. The van der Waals surface area contributed by atoms with Crippen molar-refractivity contribution in [1.29, 1.82) is 0 Å². The van der Waals surface area contributed by atoms with Gasteiger partial charge in [0, 0.05) is 19.1 Å². The van der Waals surface area contributed by atoms with Gasteiger partial charge in [-0.3, -0.25) is 0 Å². The van der Waals surface area contributed by atoms with Crippen molar-refractivity contribution in [2.24, 2.45) is 5.73 Å². The number of halogens is 2. The van der Waals surface area contributed by atoms with E-state index in [4.69, 9.17) is 17.3 Å². The van der Waals surface area contributed by atoms with E-state index in [2.05, 4.69) is 14.9 Å². The van der Waals surface area contributed by atoms with Gasteiger partial charge >= 0.3 is 0 Å². The van der Waals surface area contributed by atoms with Crippen molar-refractivity contribution in [3.63, 3.8) is 0 Å². The topological polar surface area (TPSA) is 55.0 Å². The zero-order chi connectivity index (χ0) is 9.97. The zero-order valence-electron chi connectivity index (χ0n) is 8.27. The fourth-order valence-electron chi connectivity index (χ4n) is 1.57. The Morgan fingerprint density at radius 1 is 1.27 bits per heavy atom. The number of anilines is 1. The monoisotopic (exact) mass is 248 g/mol. The molecule has 0 amide bonds. The molecule has 0 bridgehead atoms. The van der Waals surface area contributed by atoms with Gasteiger partial charge < -0.3 is 10.6 Å². The minimum Gasteiger partial charge on any atom is -0.341 e. The molecule has 84 valence electrons. The Hall–Kier alpha value is -0.580. The molecule has 1 fully saturated rings. The van der Waals surface area contributed by atoms with Gasteiger partial charge in [-0.2, -0.15) is 0 Å². The van der Waals surface area contributed by atoms with Crippen molar-refractivity contribution in [1.82, 2.24) is 9.97 Å². The molecule has 15 heavy (non-hydrogen) atoms. The second-order valence-electron chi connectivity index (χ2n) is 3.53. The van der Waals surface area contributed by atoms with Crippen LogP contribution in [0.3, 0.4) is 0 Å². The summed E-state index contributed by atoms with van der Waals surface area (Å²) in [4.78, 5) is 10.5. The first-order valence-corrected chi connectivity index (χ1v) is 5.11. The molecular weight excluding hydrogens is 235 g/mol. The van der Waals surface area contributed by atoms with Crippen LogP contribution >= 0.6 is 24.0 Å². The molecule has 1 aliphatic rings. The Kier molecular flexibility index (Phi) is 4.57. The largest absolute Gasteiger partial charge is 0.341 e. The average Bonchev–Trinajstić information content (AvgIpc) is 2.21. The van der Waals surface area contributed by atoms with Crippen LogP contribution in [0.4, 0.5) is 5.95 Å². The molecule has 0 saturated carbocycles. The Balaban J connectivity index is 0.00000112. The molecule has 1 aliphatic heterocycles. The van der Waals surface area contributed by atoms with Gasteiger partial charge in [-0.25, -0.2) is 9.97 Å². The van der Waals surface area contributed by atoms with E-state index >= 15 is 0 Å². The summed E-state index contributed by atoms with van der Waals surface area (Å²) in [7, 11) is 0. The van der Waals surface area contributed by atoms with E-state index in [1.165, 1.54) is 0 Å². The van der Waals surface area contributed by atoms with Crippen LogP contribution in [-0.4, -0.2) is 29.1 Å². The maximum Gasteiger partial charge on any atom is 0.225 e. The SMILES string of the molecule is Cl.NC1CCN(c2ncc(Cl)cn2)CC1. The highest BCUT2D eigenvalue weighted by molar-refractivity contribution is 6.30. The van der Waals surface area contributed by atoms with Gasteiger partial charge in [-0.15, -0.1) is 12.4 Å². The number of nitrogens with zero attached hydrogens (tertiary/aromatic N) is 3. The van der Waals surface area contributed by atoms with E-state index in [0.29, 0.717) is 11.1 Å². The molecule has 2 N–H and O–H groups in total. The molecule has 0 spiro atoms. The van der Waals surface area contributed by atoms with Crippen LogP contribution in [0.2, 0.25) is 5.02 Å². The third kappa shape index (κ3) is 3.19. The fourth-order valence-corrected chi connectivity index (χ4v) is 1.67. The van der Waals surface area contributed by atoms with Crippen molar-refractivity contribution >= 4 is 30.0 Å². The zero-order valence-corrected chi connectivity index (χ0v) is 9.84. The second-order valence-corrected chi connectivity index (χ2v) is 3.96. The minimum atomic E-state index is 0. The summed E-state index contributed by atoms with van der Waals surface area (Å²) in [6.45, 7) is 1.87. The maximum atomic E-state index is 5.81. The summed E-state index contributed by atoms with van der Waals surface area (Å²) in [6, 6.07) is 0.332. The summed E-state index contributed by atoms with van der Waals surface area (Å²) in [5.74, 6) is 0.751. The van der Waals surface area contributed by atoms with Crippen molar-refractivity contribution in [3.05, 3.63) is 17.4 Å². The lowest BCUT2D eigenvalue weighted by atomic mass is 10.1. The number of hydrogen-bond donors (Lipinski definition) is 1. The van der Waals surface area contributed by atoms with Gasteiger partial charge in [0.2, 0.25) is 5.95 Å². The van der Waals surface area contributed by atoms with Gasteiger partial charge in [-0.1, -0.05) is 11.6 Å².